The second kappa shape index (κ2) is 8.48. The van der Waals surface area contributed by atoms with Crippen LogP contribution in [0.25, 0.3) is 0 Å². The van der Waals surface area contributed by atoms with Gasteiger partial charge in [0.05, 0.1) is 0 Å². The monoisotopic (exact) mass is 374 g/mol. The van der Waals surface area contributed by atoms with E-state index in [2.05, 4.69) is 35.9 Å². The molecule has 2 heterocycles. The molecule has 0 radical (unpaired) electrons. The zero-order valence-corrected chi connectivity index (χ0v) is 16.9. The van der Waals surface area contributed by atoms with Gasteiger partial charge in [-0.3, -0.25) is 9.80 Å². The van der Waals surface area contributed by atoms with Crippen molar-refractivity contribution in [3.8, 4) is 5.75 Å². The zero-order chi connectivity index (χ0) is 19.4. The van der Waals surface area contributed by atoms with E-state index in [1.165, 1.54) is 0 Å². The first-order chi connectivity index (χ1) is 12.8. The molecule has 1 aromatic carbocycles. The normalized spacial score (nSPS) is 22.2. The number of nitrogens with zero attached hydrogens (tertiary/aromatic N) is 3. The molecule has 2 saturated heterocycles. The van der Waals surface area contributed by atoms with E-state index < -0.39 is 0 Å². The molecular formula is C21H34N4O2. The SMILES string of the molecule is CC(C)(C)N1CC[C@@H](CNC(=O)N2CCN(Cc3cccc(O)c3)CC2)C1. The van der Waals surface area contributed by atoms with E-state index in [1.54, 1.807) is 6.07 Å². The van der Waals surface area contributed by atoms with Gasteiger partial charge in [0, 0.05) is 51.4 Å². The molecule has 2 aliphatic heterocycles. The molecule has 2 amide bonds. The van der Waals surface area contributed by atoms with Gasteiger partial charge in [-0.15, -0.1) is 0 Å². The van der Waals surface area contributed by atoms with Crippen molar-refractivity contribution in [1.29, 1.82) is 0 Å². The summed E-state index contributed by atoms with van der Waals surface area (Å²) in [5, 5.41) is 12.7. The van der Waals surface area contributed by atoms with Gasteiger partial charge in [-0.1, -0.05) is 12.1 Å². The Balaban J connectivity index is 1.37. The Hall–Kier alpha value is -1.79. The van der Waals surface area contributed by atoms with Crippen molar-refractivity contribution in [3.63, 3.8) is 0 Å². The number of hydrogen-bond acceptors (Lipinski definition) is 4. The first-order valence-electron chi connectivity index (χ1n) is 10.1. The quantitative estimate of drug-likeness (QED) is 0.849. The summed E-state index contributed by atoms with van der Waals surface area (Å²) in [5.74, 6) is 0.864. The van der Waals surface area contributed by atoms with Crippen LogP contribution in [0.15, 0.2) is 24.3 Å². The van der Waals surface area contributed by atoms with Gasteiger partial charge in [0.2, 0.25) is 0 Å². The highest BCUT2D eigenvalue weighted by atomic mass is 16.3. The van der Waals surface area contributed by atoms with Crippen LogP contribution in [0.1, 0.15) is 32.8 Å². The molecule has 0 spiro atoms. The summed E-state index contributed by atoms with van der Waals surface area (Å²) >= 11 is 0. The van der Waals surface area contributed by atoms with Gasteiger partial charge < -0.3 is 15.3 Å². The third-order valence-electron chi connectivity index (χ3n) is 5.75. The molecule has 2 fully saturated rings. The highest BCUT2D eigenvalue weighted by molar-refractivity contribution is 5.74. The molecule has 6 nitrogen and oxygen atoms in total. The Bertz CT molecular complexity index is 635. The largest absolute Gasteiger partial charge is 0.508 e. The molecule has 0 unspecified atom stereocenters. The third kappa shape index (κ3) is 5.59. The van der Waals surface area contributed by atoms with Gasteiger partial charge in [-0.25, -0.2) is 4.79 Å². The zero-order valence-electron chi connectivity index (χ0n) is 16.9. The second-order valence-electron chi connectivity index (χ2n) is 8.89. The van der Waals surface area contributed by atoms with Crippen molar-refractivity contribution >= 4 is 6.03 Å². The number of aromatic hydroxyl groups is 1. The average molecular weight is 375 g/mol. The van der Waals surface area contributed by atoms with Crippen molar-refractivity contribution in [2.24, 2.45) is 5.92 Å². The number of phenols is 1. The summed E-state index contributed by atoms with van der Waals surface area (Å²) in [6.07, 6.45) is 1.16. The van der Waals surface area contributed by atoms with Crippen molar-refractivity contribution in [2.75, 3.05) is 45.8 Å². The van der Waals surface area contributed by atoms with Gasteiger partial charge in [-0.05, 0) is 57.4 Å². The highest BCUT2D eigenvalue weighted by Crippen LogP contribution is 2.24. The van der Waals surface area contributed by atoms with Gasteiger partial charge in [0.15, 0.2) is 0 Å². The van der Waals surface area contributed by atoms with Crippen LogP contribution in [0.5, 0.6) is 5.75 Å². The van der Waals surface area contributed by atoms with Crippen LogP contribution in [0.3, 0.4) is 0 Å². The lowest BCUT2D eigenvalue weighted by Gasteiger charge is -2.35. The molecule has 27 heavy (non-hydrogen) atoms. The van der Waals surface area contributed by atoms with Crippen LogP contribution < -0.4 is 5.32 Å². The number of hydrogen-bond donors (Lipinski definition) is 2. The maximum absolute atomic E-state index is 12.5. The molecule has 0 bridgehead atoms. The summed E-state index contributed by atoms with van der Waals surface area (Å²) in [4.78, 5) is 19.3. The number of piperazine rings is 1. The van der Waals surface area contributed by atoms with Crippen LogP contribution in [0.4, 0.5) is 4.79 Å². The summed E-state index contributed by atoms with van der Waals surface area (Å²) in [6, 6.07) is 7.47. The molecule has 0 aliphatic carbocycles. The second-order valence-corrected chi connectivity index (χ2v) is 8.89. The van der Waals surface area contributed by atoms with Crippen molar-refractivity contribution in [1.82, 2.24) is 20.0 Å². The fourth-order valence-corrected chi connectivity index (χ4v) is 3.97. The van der Waals surface area contributed by atoms with Crippen LogP contribution in [-0.4, -0.2) is 77.2 Å². The molecule has 2 aliphatic rings. The number of likely N-dealkylation sites (tertiary alicyclic amines) is 1. The number of carbonyl (C=O) groups excluding carboxylic acids is 1. The van der Waals surface area contributed by atoms with Crippen molar-refractivity contribution < 1.29 is 9.90 Å². The number of phenolic OH excluding ortho intramolecular Hbond substituents is 1. The van der Waals surface area contributed by atoms with Gasteiger partial charge in [0.25, 0.3) is 0 Å². The number of carbonyl (C=O) groups is 1. The van der Waals surface area contributed by atoms with Crippen LogP contribution >= 0.6 is 0 Å². The van der Waals surface area contributed by atoms with E-state index in [1.807, 2.05) is 23.1 Å². The lowest BCUT2D eigenvalue weighted by atomic mass is 10.1. The minimum absolute atomic E-state index is 0.0706. The molecule has 150 valence electrons. The Labute approximate surface area is 163 Å². The van der Waals surface area contributed by atoms with E-state index in [-0.39, 0.29) is 11.6 Å². The molecule has 1 aromatic rings. The molecule has 3 rings (SSSR count). The van der Waals surface area contributed by atoms with Crippen molar-refractivity contribution in [3.05, 3.63) is 29.8 Å². The minimum Gasteiger partial charge on any atom is -0.508 e. The topological polar surface area (TPSA) is 59.1 Å². The smallest absolute Gasteiger partial charge is 0.317 e. The number of rotatable bonds is 4. The fourth-order valence-electron chi connectivity index (χ4n) is 3.97. The Morgan fingerprint density at radius 1 is 1.19 bits per heavy atom. The van der Waals surface area contributed by atoms with Gasteiger partial charge >= 0.3 is 6.03 Å². The molecular weight excluding hydrogens is 340 g/mol. The summed E-state index contributed by atoms with van der Waals surface area (Å²) in [6.45, 7) is 13.8. The van der Waals surface area contributed by atoms with E-state index in [9.17, 15) is 9.90 Å². The average Bonchev–Trinajstić information content (AvgIpc) is 3.10. The Morgan fingerprint density at radius 2 is 1.93 bits per heavy atom. The first kappa shape index (κ1) is 20.0. The Kier molecular flexibility index (Phi) is 6.27. The van der Waals surface area contributed by atoms with Crippen LogP contribution in [-0.2, 0) is 6.54 Å². The summed E-state index contributed by atoms with van der Waals surface area (Å²) in [7, 11) is 0. The molecule has 1 atom stereocenters. The number of amides is 2. The van der Waals surface area contributed by atoms with E-state index in [0.717, 1.165) is 64.3 Å². The van der Waals surface area contributed by atoms with Crippen LogP contribution in [0.2, 0.25) is 0 Å². The number of urea groups is 1. The molecule has 0 aromatic heterocycles. The molecule has 6 heteroatoms. The third-order valence-corrected chi connectivity index (χ3v) is 5.75. The predicted octanol–water partition coefficient (Wildman–Crippen LogP) is 2.34. The van der Waals surface area contributed by atoms with Crippen molar-refractivity contribution in [2.45, 2.75) is 39.3 Å². The number of nitrogens with one attached hydrogen (secondary N) is 1. The number of benzene rings is 1. The van der Waals surface area contributed by atoms with Crippen LogP contribution in [0, 0.1) is 5.92 Å². The summed E-state index contributed by atoms with van der Waals surface area (Å²) < 4.78 is 0. The predicted molar refractivity (Wildman–Crippen MR) is 108 cm³/mol. The van der Waals surface area contributed by atoms with E-state index in [0.29, 0.717) is 11.7 Å². The van der Waals surface area contributed by atoms with E-state index >= 15 is 0 Å². The Morgan fingerprint density at radius 3 is 2.56 bits per heavy atom. The molecule has 0 saturated carbocycles. The maximum atomic E-state index is 12.5. The minimum atomic E-state index is 0.0706. The first-order valence-corrected chi connectivity index (χ1v) is 10.1. The van der Waals surface area contributed by atoms with E-state index in [4.69, 9.17) is 0 Å². The maximum Gasteiger partial charge on any atom is 0.317 e. The lowest BCUT2D eigenvalue weighted by molar-refractivity contribution is 0.134. The lowest BCUT2D eigenvalue weighted by Crippen LogP contribution is -2.52. The van der Waals surface area contributed by atoms with Gasteiger partial charge in [0.1, 0.15) is 5.75 Å². The highest BCUT2D eigenvalue weighted by Gasteiger charge is 2.30. The fraction of sp³-hybridized carbons (Fsp3) is 0.667. The standard InChI is InChI=1S/C21H34N4O2/c1-21(2,3)25-8-7-18(16-25)14-22-20(27)24-11-9-23(10-12-24)15-17-5-4-6-19(26)13-17/h4-6,13,18,26H,7-12,14-16H2,1-3H3,(H,22,27)/t18-/m0/s1. The molecule has 2 N–H and O–H groups in total. The van der Waals surface area contributed by atoms with Gasteiger partial charge in [-0.2, -0.15) is 0 Å². The summed E-state index contributed by atoms with van der Waals surface area (Å²) in [5.41, 5.74) is 1.32.